The first-order valence-corrected chi connectivity index (χ1v) is 43.6. The molecule has 0 aliphatic rings. The van der Waals surface area contributed by atoms with Crippen molar-refractivity contribution in [3.8, 4) is 0 Å². The van der Waals surface area contributed by atoms with E-state index in [0.717, 1.165) is 155 Å². The zero-order valence-corrected chi connectivity index (χ0v) is 74.3. The molecular formula is C80H158N8O28Si. The van der Waals surface area contributed by atoms with Crippen LogP contribution in [0, 0.1) is 0 Å². The molecule has 690 valence electrons. The summed E-state index contributed by atoms with van der Waals surface area (Å²) in [7, 11) is 9.82. The second-order valence-corrected chi connectivity index (χ2v) is 29.2. The van der Waals surface area contributed by atoms with E-state index in [-0.39, 0.29) is 79.2 Å². The topological polar surface area (TPSA) is 518 Å². The molecule has 13 N–H and O–H groups in total. The number of unbranched alkanes of at least 4 members (excludes halogenated alkanes) is 14. The van der Waals surface area contributed by atoms with Crippen LogP contribution in [0.15, 0.2) is 0 Å². The Labute approximate surface area is 699 Å². The number of methoxy groups -OCH3 is 5. The molecule has 0 heterocycles. The van der Waals surface area contributed by atoms with E-state index in [1.165, 1.54) is 0 Å². The summed E-state index contributed by atoms with van der Waals surface area (Å²) in [4.78, 5) is 143. The molecule has 0 unspecified atom stereocenters. The highest BCUT2D eigenvalue weighted by Gasteiger charge is 2.37. The van der Waals surface area contributed by atoms with E-state index in [0.29, 0.717) is 188 Å². The lowest BCUT2D eigenvalue weighted by atomic mass is 10.2. The van der Waals surface area contributed by atoms with Crippen LogP contribution in [0.4, 0.5) is 4.79 Å². The van der Waals surface area contributed by atoms with Crippen LogP contribution in [0.3, 0.4) is 0 Å². The number of nitrogens with one attached hydrogen (secondary N) is 6. The Morgan fingerprint density at radius 1 is 0.291 bits per heavy atom. The van der Waals surface area contributed by atoms with Gasteiger partial charge in [0.1, 0.15) is 0 Å². The van der Waals surface area contributed by atoms with Crippen LogP contribution in [0.5, 0.6) is 0 Å². The van der Waals surface area contributed by atoms with Gasteiger partial charge in [0.2, 0.25) is 35.4 Å². The highest BCUT2D eigenvalue weighted by atomic mass is 28.4. The minimum absolute atomic E-state index is 0.00662. The second-order valence-electron chi connectivity index (χ2n) is 26.1. The molecule has 0 atom stereocenters. The molecule has 0 saturated carbocycles. The standard InChI is InChI=1S/C17H36N2O6Si.C13H23NO6.C13H25NO4.C12H23NO4.C11H21NO4.C8H17NO2.C6H13NO2/c1-22-14-8-11-17(21)18-12-7-5-6-10-16(20)19-13-9-15-26(23-2,24-3)25-4;1-18-10-6-7-11(15)14-9-5-3-4-8-12(16)20-13(17)19-2;1-3-18-13(16)9-5-4-6-10-14-12(15)8-7-11-17-2;1-2-17-12(16)8-4-3-5-9-13-11(15)7-6-10-14;1-16-9-5-6-10(13)12-8-4-2-3-7-11(14)15;1-2-11-8(10)6-4-3-5-7-9;7-5-3-1-2-4-6(8)9/h5-15H2,1-4H3,(H,18,21)(H,19,20);3-10H2,1-2H3,(H,14,15);3-11H2,1-2H3,(H,14,15);14H,2-10H2,1H3,(H,13,15);2-9H2,1H3,(H,12,13)(H,14,15);2-7,9H2,1H3;1-5,7H2,(H,8,9). The number of esters is 4. The first-order valence-electron chi connectivity index (χ1n) is 41.7. The van der Waals surface area contributed by atoms with Gasteiger partial charge in [-0.05, 0) is 162 Å². The van der Waals surface area contributed by atoms with Crippen molar-refractivity contribution >= 4 is 86.2 Å². The molecule has 6 amide bonds. The van der Waals surface area contributed by atoms with Gasteiger partial charge in [0.05, 0.1) is 26.9 Å². The van der Waals surface area contributed by atoms with Gasteiger partial charge in [-0.2, -0.15) is 0 Å². The maximum absolute atomic E-state index is 11.8. The number of aliphatic carboxylic acids is 2. The van der Waals surface area contributed by atoms with E-state index in [1.807, 2.05) is 6.92 Å². The summed E-state index contributed by atoms with van der Waals surface area (Å²) < 4.78 is 58.4. The third-order valence-electron chi connectivity index (χ3n) is 15.9. The minimum Gasteiger partial charge on any atom is -0.481 e. The molecule has 0 rings (SSSR count). The van der Waals surface area contributed by atoms with Crippen molar-refractivity contribution in [2.45, 2.75) is 277 Å². The molecule has 0 aliphatic carbocycles. The van der Waals surface area contributed by atoms with Gasteiger partial charge >= 0.3 is 50.8 Å². The van der Waals surface area contributed by atoms with E-state index in [4.69, 9.17) is 73.2 Å². The van der Waals surface area contributed by atoms with Gasteiger partial charge in [0.25, 0.3) is 0 Å². The van der Waals surface area contributed by atoms with Crippen LogP contribution in [0.2, 0.25) is 6.04 Å². The molecule has 0 saturated heterocycles. The van der Waals surface area contributed by atoms with Crippen molar-refractivity contribution < 1.29 is 134 Å². The first kappa shape index (κ1) is 123. The molecule has 36 nitrogen and oxygen atoms in total. The Bertz CT molecular complexity index is 2380. The van der Waals surface area contributed by atoms with Crippen molar-refractivity contribution in [1.82, 2.24) is 31.9 Å². The van der Waals surface area contributed by atoms with Crippen molar-refractivity contribution in [2.24, 2.45) is 11.5 Å². The average molecular weight is 1710 g/mol. The number of hydrogen-bond acceptors (Lipinski definition) is 28. The van der Waals surface area contributed by atoms with Crippen LogP contribution in [0.1, 0.15) is 271 Å². The Morgan fingerprint density at radius 2 is 0.530 bits per heavy atom. The Balaban J connectivity index is -0.000000246. The number of ether oxygens (including phenoxy) is 9. The molecule has 0 aromatic carbocycles. The average Bonchev–Trinajstić information content (AvgIpc) is 0.897. The third kappa shape index (κ3) is 111. The zero-order chi connectivity index (χ0) is 89.3. The predicted octanol–water partition coefficient (Wildman–Crippen LogP) is 8.36. The Morgan fingerprint density at radius 3 is 0.769 bits per heavy atom. The van der Waals surface area contributed by atoms with E-state index in [2.05, 4.69) is 41.4 Å². The molecule has 0 fully saturated rings. The fourth-order valence-electron chi connectivity index (χ4n) is 9.46. The van der Waals surface area contributed by atoms with E-state index in [9.17, 15) is 62.3 Å². The Kier molecular flexibility index (Phi) is 107. The normalized spacial score (nSPS) is 10.2. The van der Waals surface area contributed by atoms with Crippen LogP contribution in [-0.2, 0) is 113 Å². The zero-order valence-electron chi connectivity index (χ0n) is 73.3. The van der Waals surface area contributed by atoms with Crippen molar-refractivity contribution in [2.75, 3.05) is 162 Å². The van der Waals surface area contributed by atoms with Crippen molar-refractivity contribution in [1.29, 1.82) is 0 Å². The minimum atomic E-state index is -2.54. The number of aliphatic hydroxyl groups excluding tert-OH is 1. The van der Waals surface area contributed by atoms with E-state index >= 15 is 0 Å². The predicted molar refractivity (Wildman–Crippen MR) is 446 cm³/mol. The smallest absolute Gasteiger partial charge is 0.481 e. The highest BCUT2D eigenvalue weighted by molar-refractivity contribution is 6.60. The maximum Gasteiger partial charge on any atom is 0.515 e. The number of nitrogens with two attached hydrogens (primary N) is 2. The number of carbonyl (C=O) groups excluding carboxylic acids is 11. The highest BCUT2D eigenvalue weighted by Crippen LogP contribution is 2.15. The quantitative estimate of drug-likeness (QED) is 0.00895. The van der Waals surface area contributed by atoms with Gasteiger partial charge in [-0.25, -0.2) is 4.79 Å². The molecule has 0 aromatic rings. The van der Waals surface area contributed by atoms with Gasteiger partial charge < -0.3 is 115 Å². The van der Waals surface area contributed by atoms with Gasteiger partial charge in [0.15, 0.2) is 0 Å². The molecule has 0 radical (unpaired) electrons. The molecule has 0 aromatic heterocycles. The lowest BCUT2D eigenvalue weighted by Gasteiger charge is -2.24. The summed E-state index contributed by atoms with van der Waals surface area (Å²) in [5, 5.41) is 42.1. The lowest BCUT2D eigenvalue weighted by molar-refractivity contribution is -0.144. The maximum atomic E-state index is 11.8. The molecular weight excluding hydrogens is 1550 g/mol. The van der Waals surface area contributed by atoms with E-state index < -0.39 is 32.9 Å². The molecule has 0 aliphatic heterocycles. The van der Waals surface area contributed by atoms with Gasteiger partial charge in [-0.15, -0.1) is 0 Å². The van der Waals surface area contributed by atoms with E-state index in [1.54, 1.807) is 63.6 Å². The number of hydrogen-bond donors (Lipinski definition) is 11. The number of carboxylic acid groups (broad SMARTS) is 2. The van der Waals surface area contributed by atoms with Gasteiger partial charge in [-0.3, -0.25) is 57.5 Å². The summed E-state index contributed by atoms with van der Waals surface area (Å²) >= 11 is 0. The monoisotopic (exact) mass is 1710 g/mol. The first-order chi connectivity index (χ1) is 56.3. The SMILES string of the molecule is CCOC(=O)CCCCCN.CCOC(=O)CCCCCNC(=O)CCCO.CCOC(=O)CCCCCNC(=O)CCCOC.COCCCC(=O)NCCCCCC(=O)NCCC[Si](OC)(OC)OC.COCCCC(=O)NCCCCCC(=O)O.COCCCC(=O)NCCCCCC(=O)OC(=O)OC.NCCCCCC(=O)O. The molecule has 37 heteroatoms. The third-order valence-corrected chi connectivity index (χ3v) is 18.7. The number of rotatable bonds is 69. The largest absolute Gasteiger partial charge is 0.515 e. The van der Waals surface area contributed by atoms with Crippen molar-refractivity contribution in [3.05, 3.63) is 0 Å². The number of amides is 6. The molecule has 117 heavy (non-hydrogen) atoms. The van der Waals surface area contributed by atoms with Crippen LogP contribution < -0.4 is 43.4 Å². The lowest BCUT2D eigenvalue weighted by Crippen LogP contribution is -2.43. The fourth-order valence-corrected chi connectivity index (χ4v) is 11.2. The summed E-state index contributed by atoms with van der Waals surface area (Å²) in [6, 6.07) is 0.668. The van der Waals surface area contributed by atoms with Gasteiger partial charge in [0, 0.05) is 205 Å². The molecule has 0 spiro atoms. The summed E-state index contributed by atoms with van der Waals surface area (Å²) in [6.45, 7) is 14.4. The second kappa shape index (κ2) is 101. The number of carboxylic acids is 2. The Hall–Kier alpha value is -7.07. The summed E-state index contributed by atoms with van der Waals surface area (Å²) in [5.41, 5.74) is 10.5. The van der Waals surface area contributed by atoms with Crippen LogP contribution >= 0.6 is 0 Å². The van der Waals surface area contributed by atoms with Gasteiger partial charge in [-0.1, -0.05) is 44.9 Å². The molecule has 0 bridgehead atoms. The summed E-state index contributed by atoms with van der Waals surface area (Å²) in [6.07, 6.45) is 26.0. The fraction of sp³-hybridized carbons (Fsp3) is 0.838. The summed E-state index contributed by atoms with van der Waals surface area (Å²) in [5.74, 6) is -2.26. The number of carbonyl (C=O) groups is 13. The van der Waals surface area contributed by atoms with Crippen LogP contribution in [-0.4, -0.2) is 264 Å². The van der Waals surface area contributed by atoms with Crippen LogP contribution in [0.25, 0.3) is 0 Å². The van der Waals surface area contributed by atoms with Crippen molar-refractivity contribution in [3.63, 3.8) is 0 Å². The number of aliphatic hydroxyl groups is 1.